The minimum absolute atomic E-state index is 0.0107. The Labute approximate surface area is 226 Å². The Morgan fingerprint density at radius 1 is 1.05 bits per heavy atom. The molecule has 0 unspecified atom stereocenters. The van der Waals surface area contributed by atoms with Crippen LogP contribution in [-0.2, 0) is 13.0 Å². The number of rotatable bonds is 7. The van der Waals surface area contributed by atoms with Crippen LogP contribution in [0.25, 0.3) is 11.3 Å². The number of benzene rings is 3. The zero-order valence-corrected chi connectivity index (χ0v) is 21.8. The molecule has 0 saturated heterocycles. The summed E-state index contributed by atoms with van der Waals surface area (Å²) in [5, 5.41) is 21.6. The van der Waals surface area contributed by atoms with Crippen molar-refractivity contribution in [1.82, 2.24) is 15.1 Å². The summed E-state index contributed by atoms with van der Waals surface area (Å²) >= 11 is 6.24. The molecule has 2 amide bonds. The van der Waals surface area contributed by atoms with Crippen LogP contribution in [0.5, 0.6) is 5.75 Å². The van der Waals surface area contributed by atoms with Gasteiger partial charge < -0.3 is 15.7 Å². The Morgan fingerprint density at radius 3 is 2.50 bits per heavy atom. The highest BCUT2D eigenvalue weighted by Crippen LogP contribution is 2.39. The zero-order chi connectivity index (χ0) is 26.6. The van der Waals surface area contributed by atoms with Crippen molar-refractivity contribution >= 4 is 29.2 Å². The number of anilines is 1. The molecule has 8 heteroatoms. The largest absolute Gasteiger partial charge is 0.507 e. The number of phenolic OH excluding ortho intramolecular Hbond substituents is 1. The number of carbonyl (C=O) groups is 2. The van der Waals surface area contributed by atoms with Crippen molar-refractivity contribution in [2.24, 2.45) is 0 Å². The van der Waals surface area contributed by atoms with Gasteiger partial charge in [-0.25, -0.2) is 4.79 Å². The summed E-state index contributed by atoms with van der Waals surface area (Å²) in [5.74, 6) is -0.0149. The quantitative estimate of drug-likeness (QED) is 0.231. The number of carbonyl (C=O) groups excluding carboxylic acids is 2. The molecule has 3 aromatic carbocycles. The highest BCUT2D eigenvalue weighted by molar-refractivity contribution is 6.31. The van der Waals surface area contributed by atoms with E-state index in [9.17, 15) is 14.7 Å². The highest BCUT2D eigenvalue weighted by Gasteiger charge is 2.27. The van der Waals surface area contributed by atoms with E-state index in [-0.39, 0.29) is 30.2 Å². The lowest BCUT2D eigenvalue weighted by molar-refractivity contribution is 0.102. The maximum Gasteiger partial charge on any atom is 0.342 e. The Morgan fingerprint density at radius 2 is 1.82 bits per heavy atom. The molecule has 0 atom stereocenters. The first-order valence-electron chi connectivity index (χ1n) is 12.8. The topological polar surface area (TPSA) is 96.2 Å². The molecule has 3 N–H and O–H groups in total. The number of aromatic nitrogens is 2. The molecule has 4 aromatic rings. The fourth-order valence-corrected chi connectivity index (χ4v) is 4.69. The van der Waals surface area contributed by atoms with Gasteiger partial charge in [-0.05, 0) is 72.9 Å². The normalized spacial score (nSPS) is 13.1. The summed E-state index contributed by atoms with van der Waals surface area (Å²) in [6.45, 7) is 2.33. The van der Waals surface area contributed by atoms with Gasteiger partial charge in [-0.15, -0.1) is 0 Å². The van der Waals surface area contributed by atoms with E-state index in [0.717, 1.165) is 42.5 Å². The molecule has 38 heavy (non-hydrogen) atoms. The number of halogens is 1. The second-order valence-electron chi connectivity index (χ2n) is 9.48. The molecule has 0 radical (unpaired) electrons. The van der Waals surface area contributed by atoms with Crippen LogP contribution in [0.3, 0.4) is 0 Å². The van der Waals surface area contributed by atoms with E-state index in [2.05, 4.69) is 22.7 Å². The van der Waals surface area contributed by atoms with E-state index in [1.165, 1.54) is 10.7 Å². The van der Waals surface area contributed by atoms with E-state index >= 15 is 0 Å². The van der Waals surface area contributed by atoms with Crippen LogP contribution in [-0.4, -0.2) is 26.8 Å². The first-order valence-corrected chi connectivity index (χ1v) is 13.2. The van der Waals surface area contributed by atoms with Gasteiger partial charge in [0.15, 0.2) is 0 Å². The first kappa shape index (κ1) is 25.5. The summed E-state index contributed by atoms with van der Waals surface area (Å²) in [6.07, 6.45) is 3.94. The van der Waals surface area contributed by atoms with Gasteiger partial charge >= 0.3 is 6.03 Å². The third-order valence-electron chi connectivity index (χ3n) is 7.00. The number of nitrogens with one attached hydrogen (secondary N) is 2. The van der Waals surface area contributed by atoms with Crippen LogP contribution in [0.15, 0.2) is 72.8 Å². The Hall–Kier alpha value is -4.10. The van der Waals surface area contributed by atoms with E-state index in [4.69, 9.17) is 11.6 Å². The molecular weight excluding hydrogens is 500 g/mol. The second kappa shape index (κ2) is 11.1. The molecule has 1 aliphatic carbocycles. The lowest BCUT2D eigenvalue weighted by Gasteiger charge is -2.25. The number of aromatic hydroxyl groups is 1. The van der Waals surface area contributed by atoms with Crippen molar-refractivity contribution in [3.05, 3.63) is 100 Å². The number of hydrogen-bond donors (Lipinski definition) is 3. The third-order valence-corrected chi connectivity index (χ3v) is 7.36. The van der Waals surface area contributed by atoms with Crippen molar-refractivity contribution in [3.8, 4) is 17.0 Å². The van der Waals surface area contributed by atoms with Crippen molar-refractivity contribution in [3.63, 3.8) is 0 Å². The predicted octanol–water partition coefficient (Wildman–Crippen LogP) is 6.75. The van der Waals surface area contributed by atoms with Crippen molar-refractivity contribution in [2.75, 3.05) is 5.32 Å². The maximum absolute atomic E-state index is 13.2. The van der Waals surface area contributed by atoms with Gasteiger partial charge in [0.2, 0.25) is 0 Å². The highest BCUT2D eigenvalue weighted by atomic mass is 35.5. The molecular formula is C30H29ClN4O3. The Balaban J connectivity index is 1.39. The standard InChI is InChI=1S/C30H29ClN4O3/c1-2-19-10-12-21(13-11-19)29(37)33-23-14-15-28(36)24(16-23)26-17-27(20-7-5-8-20)35(34-26)30(38)32-18-22-6-3-4-9-25(22)31/h3-4,6,9-17,20,36H,2,5,7-8,18H2,1H3,(H,32,38)(H,33,37). The van der Waals surface area contributed by atoms with Gasteiger partial charge in [0, 0.05) is 34.3 Å². The number of hydrogen-bond acceptors (Lipinski definition) is 4. The van der Waals surface area contributed by atoms with Crippen LogP contribution in [0.2, 0.25) is 5.02 Å². The smallest absolute Gasteiger partial charge is 0.342 e. The van der Waals surface area contributed by atoms with Crippen LogP contribution in [0, 0.1) is 0 Å². The van der Waals surface area contributed by atoms with Gasteiger partial charge in [-0.2, -0.15) is 9.78 Å². The van der Waals surface area contributed by atoms with Gasteiger partial charge in [-0.3, -0.25) is 4.79 Å². The SMILES string of the molecule is CCc1ccc(C(=O)Nc2ccc(O)c(-c3cc(C4CCC4)n(C(=O)NCc4ccccc4Cl)n3)c2)cc1. The molecule has 0 aliphatic heterocycles. The van der Waals surface area contributed by atoms with Gasteiger partial charge in [0.05, 0.1) is 11.4 Å². The molecule has 0 spiro atoms. The Kier molecular flexibility index (Phi) is 7.47. The minimum Gasteiger partial charge on any atom is -0.507 e. The summed E-state index contributed by atoms with van der Waals surface area (Å²) < 4.78 is 1.38. The van der Waals surface area contributed by atoms with Crippen molar-refractivity contribution in [1.29, 1.82) is 0 Å². The van der Waals surface area contributed by atoms with Crippen molar-refractivity contribution in [2.45, 2.75) is 45.1 Å². The van der Waals surface area contributed by atoms with E-state index in [1.807, 2.05) is 36.4 Å². The molecule has 0 bridgehead atoms. The lowest BCUT2D eigenvalue weighted by Crippen LogP contribution is -2.31. The number of aryl methyl sites for hydroxylation is 1. The van der Waals surface area contributed by atoms with E-state index < -0.39 is 0 Å². The van der Waals surface area contributed by atoms with Gasteiger partial charge in [0.25, 0.3) is 5.91 Å². The molecule has 1 fully saturated rings. The summed E-state index contributed by atoms with van der Waals surface area (Å²) in [6, 6.07) is 21.1. The third kappa shape index (κ3) is 5.43. The van der Waals surface area contributed by atoms with Crippen LogP contribution in [0.4, 0.5) is 10.5 Å². The fraction of sp³-hybridized carbons (Fsp3) is 0.233. The second-order valence-corrected chi connectivity index (χ2v) is 9.89. The monoisotopic (exact) mass is 528 g/mol. The summed E-state index contributed by atoms with van der Waals surface area (Å²) in [5.41, 5.74) is 4.72. The van der Waals surface area contributed by atoms with Crippen LogP contribution >= 0.6 is 11.6 Å². The lowest BCUT2D eigenvalue weighted by atomic mass is 9.82. The molecule has 1 heterocycles. The molecule has 1 aliphatic rings. The molecule has 194 valence electrons. The average molecular weight is 529 g/mol. The maximum atomic E-state index is 13.2. The molecule has 1 saturated carbocycles. The number of nitrogens with zero attached hydrogens (tertiary/aromatic N) is 2. The van der Waals surface area contributed by atoms with E-state index in [1.54, 1.807) is 30.3 Å². The molecule has 7 nitrogen and oxygen atoms in total. The number of phenols is 1. The van der Waals surface area contributed by atoms with Crippen molar-refractivity contribution < 1.29 is 14.7 Å². The predicted molar refractivity (Wildman–Crippen MR) is 149 cm³/mol. The zero-order valence-electron chi connectivity index (χ0n) is 21.1. The fourth-order valence-electron chi connectivity index (χ4n) is 4.49. The minimum atomic E-state index is -0.363. The number of amides is 2. The molecule has 1 aromatic heterocycles. The summed E-state index contributed by atoms with van der Waals surface area (Å²) in [7, 11) is 0. The van der Waals surface area contributed by atoms with Gasteiger partial charge in [0.1, 0.15) is 5.75 Å². The van der Waals surface area contributed by atoms with E-state index in [0.29, 0.717) is 27.5 Å². The van der Waals surface area contributed by atoms with Crippen LogP contribution in [0.1, 0.15) is 59.3 Å². The van der Waals surface area contributed by atoms with Crippen LogP contribution < -0.4 is 10.6 Å². The summed E-state index contributed by atoms with van der Waals surface area (Å²) in [4.78, 5) is 26.0. The molecule has 5 rings (SSSR count). The first-order chi connectivity index (χ1) is 18.4. The average Bonchev–Trinajstić information content (AvgIpc) is 3.32. The Bertz CT molecular complexity index is 1480. The van der Waals surface area contributed by atoms with Gasteiger partial charge in [-0.1, -0.05) is 55.3 Å².